The standard InChI is InChI=1S/C16H33NO.C4H8N2O2/c1-2-3-4-5-6-7-8-9-10-11-12-13-14-15-16(17)18;5-3(7)1-2-4(6)8/h2-15H2,1H3,(H2,17,18);1-2H2,(H2,5,7)(H2,6,8). The van der Waals surface area contributed by atoms with Crippen LogP contribution in [-0.4, -0.2) is 17.7 Å². The lowest BCUT2D eigenvalue weighted by molar-refractivity contribution is -0.123. The molecule has 0 rings (SSSR count). The Kier molecular flexibility index (Phi) is 22.0. The van der Waals surface area contributed by atoms with Crippen molar-refractivity contribution in [1.82, 2.24) is 0 Å². The van der Waals surface area contributed by atoms with Crippen LogP contribution in [0.5, 0.6) is 0 Å². The molecule has 0 atom stereocenters. The fourth-order valence-electron chi connectivity index (χ4n) is 2.56. The van der Waals surface area contributed by atoms with Crippen LogP contribution in [0.1, 0.15) is 110 Å². The fraction of sp³-hybridized carbons (Fsp3) is 0.850. The van der Waals surface area contributed by atoms with E-state index in [0.29, 0.717) is 6.42 Å². The first-order chi connectivity index (χ1) is 12.4. The third-order valence-electron chi connectivity index (χ3n) is 4.14. The number of nitrogens with two attached hydrogens (primary N) is 3. The number of primary amides is 3. The van der Waals surface area contributed by atoms with Gasteiger partial charge in [-0.3, -0.25) is 14.4 Å². The zero-order valence-electron chi connectivity index (χ0n) is 16.8. The Bertz CT molecular complexity index is 346. The van der Waals surface area contributed by atoms with E-state index in [0.717, 1.165) is 6.42 Å². The van der Waals surface area contributed by atoms with Gasteiger partial charge in [-0.05, 0) is 6.42 Å². The van der Waals surface area contributed by atoms with Gasteiger partial charge in [-0.1, -0.05) is 84.0 Å². The molecule has 0 saturated carbocycles. The Balaban J connectivity index is 0. The maximum absolute atomic E-state index is 10.5. The molecule has 0 aliphatic rings. The van der Waals surface area contributed by atoms with E-state index >= 15 is 0 Å². The average Bonchev–Trinajstić information content (AvgIpc) is 2.57. The number of unbranched alkanes of at least 4 members (excludes halogenated alkanes) is 12. The normalized spacial score (nSPS) is 10.0. The minimum atomic E-state index is -0.496. The topological polar surface area (TPSA) is 129 Å². The highest BCUT2D eigenvalue weighted by molar-refractivity contribution is 5.81. The van der Waals surface area contributed by atoms with Crippen LogP contribution in [0.4, 0.5) is 0 Å². The molecule has 0 heterocycles. The molecule has 6 nitrogen and oxygen atoms in total. The largest absolute Gasteiger partial charge is 0.370 e. The van der Waals surface area contributed by atoms with Crippen molar-refractivity contribution in [2.45, 2.75) is 110 Å². The maximum Gasteiger partial charge on any atom is 0.217 e. The van der Waals surface area contributed by atoms with Crippen molar-refractivity contribution in [3.05, 3.63) is 0 Å². The molecule has 0 aromatic heterocycles. The molecule has 3 amide bonds. The van der Waals surface area contributed by atoms with Crippen molar-refractivity contribution < 1.29 is 14.4 Å². The van der Waals surface area contributed by atoms with E-state index in [2.05, 4.69) is 6.92 Å². The van der Waals surface area contributed by atoms with Gasteiger partial charge in [-0.2, -0.15) is 0 Å². The monoisotopic (exact) mass is 371 g/mol. The molecule has 0 aliphatic heterocycles. The van der Waals surface area contributed by atoms with Gasteiger partial charge in [0.15, 0.2) is 0 Å². The predicted octanol–water partition coefficient (Wildman–Crippen LogP) is 3.69. The van der Waals surface area contributed by atoms with Crippen LogP contribution in [-0.2, 0) is 14.4 Å². The molecule has 0 spiro atoms. The van der Waals surface area contributed by atoms with Crippen LogP contribution in [0.15, 0.2) is 0 Å². The van der Waals surface area contributed by atoms with E-state index < -0.39 is 11.8 Å². The van der Waals surface area contributed by atoms with E-state index in [1.54, 1.807) is 0 Å². The summed E-state index contributed by atoms with van der Waals surface area (Å²) in [7, 11) is 0. The summed E-state index contributed by atoms with van der Waals surface area (Å²) in [6, 6.07) is 0. The Morgan fingerprint density at radius 1 is 0.462 bits per heavy atom. The Hall–Kier alpha value is -1.59. The first kappa shape index (κ1) is 26.6. The number of hydrogen-bond acceptors (Lipinski definition) is 3. The highest BCUT2D eigenvalue weighted by Gasteiger charge is 1.97. The average molecular weight is 372 g/mol. The quantitative estimate of drug-likeness (QED) is 0.337. The molecule has 0 radical (unpaired) electrons. The molecule has 0 aliphatic carbocycles. The minimum absolute atomic E-state index is 0.0509. The smallest absolute Gasteiger partial charge is 0.217 e. The highest BCUT2D eigenvalue weighted by atomic mass is 16.2. The molecular weight excluding hydrogens is 330 g/mol. The zero-order chi connectivity index (χ0) is 20.0. The van der Waals surface area contributed by atoms with Crippen LogP contribution in [0.2, 0.25) is 0 Å². The van der Waals surface area contributed by atoms with Gasteiger partial charge >= 0.3 is 0 Å². The summed E-state index contributed by atoms with van der Waals surface area (Å²) >= 11 is 0. The van der Waals surface area contributed by atoms with Crippen molar-refractivity contribution in [1.29, 1.82) is 0 Å². The van der Waals surface area contributed by atoms with Crippen LogP contribution >= 0.6 is 0 Å². The second-order valence-electron chi connectivity index (χ2n) is 6.89. The molecule has 0 fully saturated rings. The van der Waals surface area contributed by atoms with E-state index in [1.807, 2.05) is 0 Å². The Morgan fingerprint density at radius 2 is 0.731 bits per heavy atom. The lowest BCUT2D eigenvalue weighted by atomic mass is 10.0. The second kappa shape index (κ2) is 21.5. The molecule has 154 valence electrons. The van der Waals surface area contributed by atoms with Gasteiger partial charge in [0.05, 0.1) is 0 Å². The third-order valence-corrected chi connectivity index (χ3v) is 4.14. The van der Waals surface area contributed by atoms with E-state index in [4.69, 9.17) is 17.2 Å². The molecule has 0 bridgehead atoms. The molecule has 0 unspecified atom stereocenters. The predicted molar refractivity (Wildman–Crippen MR) is 107 cm³/mol. The third kappa shape index (κ3) is 30.3. The molecule has 6 N–H and O–H groups in total. The van der Waals surface area contributed by atoms with Gasteiger partial charge in [-0.15, -0.1) is 0 Å². The molecule has 6 heteroatoms. The maximum atomic E-state index is 10.5. The van der Waals surface area contributed by atoms with E-state index in [1.165, 1.54) is 77.0 Å². The molecule has 26 heavy (non-hydrogen) atoms. The highest BCUT2D eigenvalue weighted by Crippen LogP contribution is 2.12. The molecule has 0 aromatic rings. The number of hydrogen-bond donors (Lipinski definition) is 3. The summed E-state index contributed by atoms with van der Waals surface area (Å²) < 4.78 is 0. The van der Waals surface area contributed by atoms with Gasteiger partial charge in [0.1, 0.15) is 0 Å². The van der Waals surface area contributed by atoms with E-state index in [-0.39, 0.29) is 18.7 Å². The van der Waals surface area contributed by atoms with E-state index in [9.17, 15) is 14.4 Å². The van der Waals surface area contributed by atoms with Gasteiger partial charge in [0, 0.05) is 19.3 Å². The summed E-state index contributed by atoms with van der Waals surface area (Å²) in [5.74, 6) is -1.15. The van der Waals surface area contributed by atoms with Crippen molar-refractivity contribution in [2.75, 3.05) is 0 Å². The van der Waals surface area contributed by atoms with Crippen LogP contribution in [0.25, 0.3) is 0 Å². The molecule has 0 saturated heterocycles. The molecule has 0 aromatic carbocycles. The molecular formula is C20H41N3O3. The Labute approximate surface area is 159 Å². The van der Waals surface area contributed by atoms with Crippen LogP contribution in [0, 0.1) is 0 Å². The number of carbonyl (C=O) groups is 3. The van der Waals surface area contributed by atoms with Gasteiger partial charge in [0.25, 0.3) is 0 Å². The van der Waals surface area contributed by atoms with Gasteiger partial charge in [0.2, 0.25) is 17.7 Å². The number of carbonyl (C=O) groups excluding carboxylic acids is 3. The minimum Gasteiger partial charge on any atom is -0.370 e. The number of amides is 3. The summed E-state index contributed by atoms with van der Waals surface area (Å²) in [6.07, 6.45) is 18.0. The van der Waals surface area contributed by atoms with Crippen LogP contribution < -0.4 is 17.2 Å². The first-order valence-corrected chi connectivity index (χ1v) is 10.2. The lowest BCUT2D eigenvalue weighted by Crippen LogP contribution is -2.16. The first-order valence-electron chi connectivity index (χ1n) is 10.2. The summed E-state index contributed by atoms with van der Waals surface area (Å²) in [5, 5.41) is 0. The fourth-order valence-corrected chi connectivity index (χ4v) is 2.56. The van der Waals surface area contributed by atoms with Crippen molar-refractivity contribution >= 4 is 17.7 Å². The zero-order valence-corrected chi connectivity index (χ0v) is 16.8. The van der Waals surface area contributed by atoms with Gasteiger partial charge in [-0.25, -0.2) is 0 Å². The van der Waals surface area contributed by atoms with Crippen molar-refractivity contribution in [3.63, 3.8) is 0 Å². The van der Waals surface area contributed by atoms with Gasteiger partial charge < -0.3 is 17.2 Å². The SMILES string of the molecule is CCCCCCCCCCCCCCCC(N)=O.NC(=O)CCC(N)=O. The van der Waals surface area contributed by atoms with Crippen LogP contribution in [0.3, 0.4) is 0 Å². The van der Waals surface area contributed by atoms with Crippen molar-refractivity contribution in [3.8, 4) is 0 Å². The number of rotatable bonds is 17. The lowest BCUT2D eigenvalue weighted by Gasteiger charge is -2.02. The summed E-state index contributed by atoms with van der Waals surface area (Å²) in [5.41, 5.74) is 14.5. The second-order valence-corrected chi connectivity index (χ2v) is 6.89. The summed E-state index contributed by atoms with van der Waals surface area (Å²) in [6.45, 7) is 2.27. The van der Waals surface area contributed by atoms with Crippen molar-refractivity contribution in [2.24, 2.45) is 17.2 Å². The Morgan fingerprint density at radius 3 is 1.00 bits per heavy atom. The summed E-state index contributed by atoms with van der Waals surface area (Å²) in [4.78, 5) is 30.4.